The molecule has 0 atom stereocenters. The van der Waals surface area contributed by atoms with Crippen LogP contribution in [-0.4, -0.2) is 56.6 Å². The highest BCUT2D eigenvalue weighted by Crippen LogP contribution is 2.34. The molecule has 9 heteroatoms. The first kappa shape index (κ1) is 20.5. The predicted molar refractivity (Wildman–Crippen MR) is 117 cm³/mol. The number of nitrogens with zero attached hydrogens (tertiary/aromatic N) is 5. The Labute approximate surface area is 185 Å². The van der Waals surface area contributed by atoms with Crippen molar-refractivity contribution in [3.63, 3.8) is 0 Å². The summed E-state index contributed by atoms with van der Waals surface area (Å²) >= 11 is 1.72. The van der Waals surface area contributed by atoms with Crippen molar-refractivity contribution in [2.45, 2.75) is 57.5 Å². The van der Waals surface area contributed by atoms with Crippen LogP contribution in [0.4, 0.5) is 0 Å². The van der Waals surface area contributed by atoms with Crippen molar-refractivity contribution in [2.24, 2.45) is 0 Å². The van der Waals surface area contributed by atoms with E-state index in [4.69, 9.17) is 9.47 Å². The Morgan fingerprint density at radius 3 is 2.94 bits per heavy atom. The molecule has 1 spiro atoms. The number of amides is 1. The number of benzene rings is 1. The summed E-state index contributed by atoms with van der Waals surface area (Å²) in [6, 6.07) is 8.18. The molecule has 1 saturated heterocycles. The third-order valence-corrected chi connectivity index (χ3v) is 7.40. The van der Waals surface area contributed by atoms with Gasteiger partial charge in [-0.1, -0.05) is 17.3 Å². The van der Waals surface area contributed by atoms with Gasteiger partial charge in [0.05, 0.1) is 46.3 Å². The minimum absolute atomic E-state index is 0.232. The fourth-order valence-electron chi connectivity index (χ4n) is 4.48. The number of hydrogen-bond acceptors (Lipinski definition) is 7. The van der Waals surface area contributed by atoms with E-state index in [1.54, 1.807) is 18.4 Å². The smallest absolute Gasteiger partial charge is 0.222 e. The number of aromatic nitrogens is 4. The molecule has 1 fully saturated rings. The highest BCUT2D eigenvalue weighted by atomic mass is 32.1. The minimum Gasteiger partial charge on any atom is -0.378 e. The second-order valence-corrected chi connectivity index (χ2v) is 9.47. The van der Waals surface area contributed by atoms with Crippen LogP contribution in [0.15, 0.2) is 24.3 Å². The van der Waals surface area contributed by atoms with Crippen LogP contribution < -0.4 is 0 Å². The van der Waals surface area contributed by atoms with E-state index in [2.05, 4.69) is 21.4 Å². The Morgan fingerprint density at radius 2 is 2.13 bits per heavy atom. The standard InChI is InChI=1S/C22H27N5O3S/c1-29-13-17-18-14-30-22(15-27(18)25-24-17)9-11-26(12-10-22)21(28)8-4-7-20-23-16-5-2-3-6-19(16)31-20/h2-3,5-6H,4,7-15H2,1H3. The van der Waals surface area contributed by atoms with Crippen LogP contribution in [0.1, 0.15) is 42.1 Å². The Bertz CT molecular complexity index is 1040. The number of carbonyl (C=O) groups is 1. The van der Waals surface area contributed by atoms with E-state index in [1.807, 2.05) is 27.8 Å². The van der Waals surface area contributed by atoms with Crippen LogP contribution in [-0.2, 0) is 40.4 Å². The molecule has 0 N–H and O–H groups in total. The Hall–Kier alpha value is -2.36. The number of piperidine rings is 1. The zero-order valence-corrected chi connectivity index (χ0v) is 18.6. The average Bonchev–Trinajstić information content (AvgIpc) is 3.37. The zero-order chi connectivity index (χ0) is 21.3. The lowest BCUT2D eigenvalue weighted by atomic mass is 9.89. The molecule has 2 aliphatic rings. The first-order valence-corrected chi connectivity index (χ1v) is 11.6. The quantitative estimate of drug-likeness (QED) is 0.585. The highest BCUT2D eigenvalue weighted by Gasteiger charge is 2.41. The molecule has 0 unspecified atom stereocenters. The van der Waals surface area contributed by atoms with E-state index in [1.165, 1.54) is 4.70 Å². The van der Waals surface area contributed by atoms with Crippen LogP contribution in [0.5, 0.6) is 0 Å². The van der Waals surface area contributed by atoms with Crippen molar-refractivity contribution in [3.05, 3.63) is 40.7 Å². The van der Waals surface area contributed by atoms with Gasteiger partial charge in [0.1, 0.15) is 5.69 Å². The molecule has 0 aliphatic carbocycles. The van der Waals surface area contributed by atoms with E-state index >= 15 is 0 Å². The minimum atomic E-state index is -0.247. The molecule has 0 saturated carbocycles. The van der Waals surface area contributed by atoms with Crippen molar-refractivity contribution in [1.29, 1.82) is 0 Å². The van der Waals surface area contributed by atoms with E-state index in [0.29, 0.717) is 26.2 Å². The van der Waals surface area contributed by atoms with Crippen LogP contribution in [0, 0.1) is 0 Å². The first-order chi connectivity index (χ1) is 15.2. The summed E-state index contributed by atoms with van der Waals surface area (Å²) in [4.78, 5) is 19.4. The fourth-order valence-corrected chi connectivity index (χ4v) is 5.49. The molecule has 2 aromatic heterocycles. The Kier molecular flexibility index (Phi) is 5.73. The summed E-state index contributed by atoms with van der Waals surface area (Å²) in [7, 11) is 1.66. The number of fused-ring (bicyclic) bond motifs is 2. The van der Waals surface area contributed by atoms with Gasteiger partial charge in [0, 0.05) is 26.6 Å². The summed E-state index contributed by atoms with van der Waals surface area (Å²) in [6.07, 6.45) is 3.91. The molecule has 5 rings (SSSR count). The van der Waals surface area contributed by atoms with Gasteiger partial charge in [0.2, 0.25) is 5.91 Å². The number of rotatable bonds is 6. The maximum absolute atomic E-state index is 12.7. The summed E-state index contributed by atoms with van der Waals surface area (Å²) in [5, 5.41) is 9.62. The third kappa shape index (κ3) is 4.22. The lowest BCUT2D eigenvalue weighted by Gasteiger charge is -2.43. The van der Waals surface area contributed by atoms with Crippen molar-refractivity contribution < 1.29 is 14.3 Å². The van der Waals surface area contributed by atoms with Gasteiger partial charge in [-0.3, -0.25) is 4.79 Å². The summed E-state index contributed by atoms with van der Waals surface area (Å²) in [5.74, 6) is 0.232. The summed E-state index contributed by atoms with van der Waals surface area (Å²) in [5.41, 5.74) is 2.65. The molecule has 1 amide bonds. The van der Waals surface area contributed by atoms with Gasteiger partial charge < -0.3 is 14.4 Å². The third-order valence-electron chi connectivity index (χ3n) is 6.30. The number of likely N-dealkylation sites (tertiary alicyclic amines) is 1. The van der Waals surface area contributed by atoms with E-state index < -0.39 is 0 Å². The summed E-state index contributed by atoms with van der Waals surface area (Å²) in [6.45, 7) is 3.11. The van der Waals surface area contributed by atoms with Crippen LogP contribution in [0.2, 0.25) is 0 Å². The molecular weight excluding hydrogens is 414 g/mol. The number of carbonyl (C=O) groups excluding carboxylic acids is 1. The second-order valence-electron chi connectivity index (χ2n) is 8.35. The number of para-hydroxylation sites is 1. The predicted octanol–water partition coefficient (Wildman–Crippen LogP) is 2.95. The van der Waals surface area contributed by atoms with Crippen LogP contribution in [0.3, 0.4) is 0 Å². The van der Waals surface area contributed by atoms with Crippen LogP contribution in [0.25, 0.3) is 10.2 Å². The van der Waals surface area contributed by atoms with Gasteiger partial charge in [-0.15, -0.1) is 16.4 Å². The van der Waals surface area contributed by atoms with Crippen molar-refractivity contribution >= 4 is 27.5 Å². The molecule has 1 aromatic carbocycles. The van der Waals surface area contributed by atoms with Gasteiger partial charge in [-0.25, -0.2) is 9.67 Å². The highest BCUT2D eigenvalue weighted by molar-refractivity contribution is 7.18. The Morgan fingerprint density at radius 1 is 1.29 bits per heavy atom. The molecule has 8 nitrogen and oxygen atoms in total. The van der Waals surface area contributed by atoms with E-state index in [9.17, 15) is 4.79 Å². The van der Waals surface area contributed by atoms with Gasteiger partial charge in [-0.2, -0.15) is 0 Å². The fraction of sp³-hybridized carbons (Fsp3) is 0.545. The van der Waals surface area contributed by atoms with Gasteiger partial charge in [0.25, 0.3) is 0 Å². The van der Waals surface area contributed by atoms with Crippen molar-refractivity contribution in [1.82, 2.24) is 24.9 Å². The summed E-state index contributed by atoms with van der Waals surface area (Å²) < 4.78 is 14.6. The molecule has 31 heavy (non-hydrogen) atoms. The number of methoxy groups -OCH3 is 1. The molecule has 3 aromatic rings. The maximum Gasteiger partial charge on any atom is 0.222 e. The van der Waals surface area contributed by atoms with Gasteiger partial charge >= 0.3 is 0 Å². The van der Waals surface area contributed by atoms with Gasteiger partial charge in [-0.05, 0) is 37.8 Å². The Balaban J connectivity index is 1.11. The molecule has 4 heterocycles. The SMILES string of the molecule is COCc1nnn2c1COC1(CCN(C(=O)CCCc3nc4ccccc4s3)CC1)C2. The van der Waals surface area contributed by atoms with E-state index in [-0.39, 0.29) is 11.5 Å². The number of ether oxygens (including phenoxy) is 2. The lowest BCUT2D eigenvalue weighted by molar-refractivity contribution is -0.146. The number of hydrogen-bond donors (Lipinski definition) is 0. The monoisotopic (exact) mass is 441 g/mol. The zero-order valence-electron chi connectivity index (χ0n) is 17.7. The van der Waals surface area contributed by atoms with Crippen molar-refractivity contribution in [3.8, 4) is 0 Å². The molecule has 2 aliphatic heterocycles. The largest absolute Gasteiger partial charge is 0.378 e. The second kappa shape index (κ2) is 8.64. The maximum atomic E-state index is 12.7. The van der Waals surface area contributed by atoms with Crippen molar-refractivity contribution in [2.75, 3.05) is 20.2 Å². The average molecular weight is 442 g/mol. The lowest BCUT2D eigenvalue weighted by Crippen LogP contribution is -2.52. The number of aryl methyl sites for hydroxylation is 1. The topological polar surface area (TPSA) is 82.4 Å². The van der Waals surface area contributed by atoms with E-state index in [0.717, 1.165) is 60.7 Å². The molecular formula is C22H27N5O3S. The molecule has 0 bridgehead atoms. The number of thiazole rings is 1. The normalized spacial score (nSPS) is 17.9. The molecule has 164 valence electrons. The van der Waals surface area contributed by atoms with Crippen LogP contribution >= 0.6 is 11.3 Å². The van der Waals surface area contributed by atoms with Gasteiger partial charge in [0.15, 0.2) is 0 Å². The molecule has 0 radical (unpaired) electrons. The first-order valence-electron chi connectivity index (χ1n) is 10.8.